The number of hydrogen-bond acceptors (Lipinski definition) is 6. The number of amides is 2. The highest BCUT2D eigenvalue weighted by Gasteiger charge is 2.29. The van der Waals surface area contributed by atoms with Gasteiger partial charge in [0, 0.05) is 31.1 Å². The van der Waals surface area contributed by atoms with Crippen LogP contribution < -0.4 is 11.1 Å². The Bertz CT molecular complexity index is 1280. The van der Waals surface area contributed by atoms with E-state index in [0.29, 0.717) is 36.7 Å². The fourth-order valence-electron chi connectivity index (χ4n) is 3.79. The third-order valence-corrected chi connectivity index (χ3v) is 8.76. The topological polar surface area (TPSA) is 113 Å². The second-order valence-electron chi connectivity index (χ2n) is 8.13. The van der Waals surface area contributed by atoms with Crippen molar-refractivity contribution in [2.75, 3.05) is 38.0 Å². The van der Waals surface area contributed by atoms with Gasteiger partial charge < -0.3 is 11.1 Å². The molecule has 1 aliphatic heterocycles. The lowest BCUT2D eigenvalue weighted by Gasteiger charge is -2.33. The van der Waals surface area contributed by atoms with E-state index in [1.165, 1.54) is 15.6 Å². The highest BCUT2D eigenvalue weighted by molar-refractivity contribution is 7.89. The molecule has 0 spiro atoms. The van der Waals surface area contributed by atoms with Gasteiger partial charge in [0.2, 0.25) is 15.9 Å². The standard InChI is InChI=1S/C24H26N4O4S2/c1-17-7-9-19(10-8-17)34(31,32)28-13-11-27(12-14-28)16-22(29)26-20-15-21(33-23(20)24(25)30)18-5-3-2-4-6-18/h2-10,15H,11-14,16H2,1H3,(H2,25,30)(H,26,29). The van der Waals surface area contributed by atoms with E-state index >= 15 is 0 Å². The second-order valence-corrected chi connectivity index (χ2v) is 11.1. The fraction of sp³-hybridized carbons (Fsp3) is 0.250. The number of rotatable bonds is 7. The number of nitrogens with one attached hydrogen (secondary N) is 1. The van der Waals surface area contributed by atoms with Gasteiger partial charge in [-0.3, -0.25) is 14.5 Å². The highest BCUT2D eigenvalue weighted by atomic mass is 32.2. The molecule has 2 amide bonds. The SMILES string of the molecule is Cc1ccc(S(=O)(=O)N2CCN(CC(=O)Nc3cc(-c4ccccc4)sc3C(N)=O)CC2)cc1. The minimum Gasteiger partial charge on any atom is -0.365 e. The normalized spacial score (nSPS) is 15.2. The Labute approximate surface area is 203 Å². The maximum atomic E-state index is 12.9. The molecule has 2 heterocycles. The summed E-state index contributed by atoms with van der Waals surface area (Å²) in [5.41, 5.74) is 7.84. The van der Waals surface area contributed by atoms with E-state index in [0.717, 1.165) is 16.0 Å². The Morgan fingerprint density at radius 2 is 1.65 bits per heavy atom. The van der Waals surface area contributed by atoms with Gasteiger partial charge in [0.05, 0.1) is 17.1 Å². The third kappa shape index (κ3) is 5.36. The summed E-state index contributed by atoms with van der Waals surface area (Å²) in [5.74, 6) is -0.882. The average Bonchev–Trinajstić information content (AvgIpc) is 3.24. The maximum Gasteiger partial charge on any atom is 0.260 e. The van der Waals surface area contributed by atoms with Crippen LogP contribution in [0.2, 0.25) is 0 Å². The quantitative estimate of drug-likeness (QED) is 0.520. The molecular weight excluding hydrogens is 472 g/mol. The van der Waals surface area contributed by atoms with Crippen LogP contribution in [0.3, 0.4) is 0 Å². The number of primary amides is 1. The fourth-order valence-corrected chi connectivity index (χ4v) is 6.19. The van der Waals surface area contributed by atoms with Crippen molar-refractivity contribution < 1.29 is 18.0 Å². The van der Waals surface area contributed by atoms with E-state index in [2.05, 4.69) is 5.32 Å². The summed E-state index contributed by atoms with van der Waals surface area (Å²) < 4.78 is 27.2. The lowest BCUT2D eigenvalue weighted by molar-refractivity contribution is -0.117. The van der Waals surface area contributed by atoms with Crippen molar-refractivity contribution in [1.82, 2.24) is 9.21 Å². The molecule has 3 aromatic rings. The Kier molecular flexibility index (Phi) is 7.13. The van der Waals surface area contributed by atoms with Crippen LogP contribution in [-0.4, -0.2) is 62.2 Å². The number of carbonyl (C=O) groups is 2. The van der Waals surface area contributed by atoms with E-state index in [9.17, 15) is 18.0 Å². The number of aryl methyl sites for hydroxylation is 1. The molecule has 1 fully saturated rings. The predicted molar refractivity (Wildman–Crippen MR) is 133 cm³/mol. The zero-order valence-electron chi connectivity index (χ0n) is 18.7. The summed E-state index contributed by atoms with van der Waals surface area (Å²) in [6.07, 6.45) is 0. The van der Waals surface area contributed by atoms with Crippen molar-refractivity contribution in [1.29, 1.82) is 0 Å². The first kappa shape index (κ1) is 24.1. The van der Waals surface area contributed by atoms with Gasteiger partial charge in [-0.1, -0.05) is 48.0 Å². The zero-order chi connectivity index (χ0) is 24.3. The number of carbonyl (C=O) groups excluding carboxylic acids is 2. The second kappa shape index (κ2) is 10.1. The number of anilines is 1. The molecule has 0 bridgehead atoms. The van der Waals surface area contributed by atoms with Crippen LogP contribution >= 0.6 is 11.3 Å². The Balaban J connectivity index is 1.37. The monoisotopic (exact) mass is 498 g/mol. The van der Waals surface area contributed by atoms with Crippen molar-refractivity contribution in [2.24, 2.45) is 5.73 Å². The van der Waals surface area contributed by atoms with E-state index in [1.807, 2.05) is 42.2 Å². The Morgan fingerprint density at radius 3 is 2.26 bits per heavy atom. The molecule has 3 N–H and O–H groups in total. The molecule has 4 rings (SSSR count). The van der Waals surface area contributed by atoms with Crippen molar-refractivity contribution in [3.63, 3.8) is 0 Å². The number of sulfonamides is 1. The van der Waals surface area contributed by atoms with Crippen LogP contribution in [0.1, 0.15) is 15.2 Å². The van der Waals surface area contributed by atoms with E-state index < -0.39 is 15.9 Å². The van der Waals surface area contributed by atoms with Gasteiger partial charge in [0.1, 0.15) is 4.88 Å². The third-order valence-electron chi connectivity index (χ3n) is 5.65. The van der Waals surface area contributed by atoms with Gasteiger partial charge in [-0.2, -0.15) is 4.31 Å². The number of piperazine rings is 1. The van der Waals surface area contributed by atoms with E-state index in [4.69, 9.17) is 5.73 Å². The molecule has 1 aromatic heterocycles. The highest BCUT2D eigenvalue weighted by Crippen LogP contribution is 2.34. The lowest BCUT2D eigenvalue weighted by Crippen LogP contribution is -2.50. The van der Waals surface area contributed by atoms with Crippen LogP contribution in [0, 0.1) is 6.92 Å². The minimum atomic E-state index is -3.56. The minimum absolute atomic E-state index is 0.0904. The molecule has 0 atom stereocenters. The summed E-state index contributed by atoms with van der Waals surface area (Å²) in [4.78, 5) is 27.9. The number of thiophene rings is 1. The van der Waals surface area contributed by atoms with Crippen LogP contribution in [-0.2, 0) is 14.8 Å². The first-order valence-electron chi connectivity index (χ1n) is 10.8. The van der Waals surface area contributed by atoms with Gasteiger partial charge in [-0.25, -0.2) is 8.42 Å². The average molecular weight is 499 g/mol. The lowest BCUT2D eigenvalue weighted by atomic mass is 10.2. The molecule has 10 heteroatoms. The summed E-state index contributed by atoms with van der Waals surface area (Å²) in [7, 11) is -3.56. The van der Waals surface area contributed by atoms with Crippen LogP contribution in [0.5, 0.6) is 0 Å². The summed E-state index contributed by atoms with van der Waals surface area (Å²) in [6, 6.07) is 18.1. The molecule has 34 heavy (non-hydrogen) atoms. The van der Waals surface area contributed by atoms with E-state index in [-0.39, 0.29) is 17.3 Å². The summed E-state index contributed by atoms with van der Waals surface area (Å²) in [6.45, 7) is 3.46. The van der Waals surface area contributed by atoms with Crippen LogP contribution in [0.15, 0.2) is 65.6 Å². The van der Waals surface area contributed by atoms with Gasteiger partial charge in [-0.05, 0) is 30.7 Å². The van der Waals surface area contributed by atoms with Crippen LogP contribution in [0.25, 0.3) is 10.4 Å². The number of nitrogens with zero attached hydrogens (tertiary/aromatic N) is 2. The number of nitrogens with two attached hydrogens (primary N) is 1. The molecular formula is C24H26N4O4S2. The first-order chi connectivity index (χ1) is 16.2. The van der Waals surface area contributed by atoms with Crippen molar-refractivity contribution in [3.8, 4) is 10.4 Å². The Morgan fingerprint density at radius 1 is 1.00 bits per heavy atom. The van der Waals surface area contributed by atoms with Crippen molar-refractivity contribution in [2.45, 2.75) is 11.8 Å². The van der Waals surface area contributed by atoms with Gasteiger partial charge in [-0.15, -0.1) is 11.3 Å². The molecule has 2 aromatic carbocycles. The molecule has 0 unspecified atom stereocenters. The predicted octanol–water partition coefficient (Wildman–Crippen LogP) is 2.77. The largest absolute Gasteiger partial charge is 0.365 e. The molecule has 8 nitrogen and oxygen atoms in total. The first-order valence-corrected chi connectivity index (χ1v) is 13.1. The Hall–Kier alpha value is -3.05. The van der Waals surface area contributed by atoms with Crippen molar-refractivity contribution >= 4 is 38.9 Å². The smallest absolute Gasteiger partial charge is 0.260 e. The van der Waals surface area contributed by atoms with E-state index in [1.54, 1.807) is 30.3 Å². The molecule has 178 valence electrons. The number of benzene rings is 2. The van der Waals surface area contributed by atoms with Crippen molar-refractivity contribution in [3.05, 3.63) is 71.1 Å². The molecule has 0 radical (unpaired) electrons. The zero-order valence-corrected chi connectivity index (χ0v) is 20.4. The van der Waals surface area contributed by atoms with Gasteiger partial charge in [0.25, 0.3) is 5.91 Å². The van der Waals surface area contributed by atoms with Crippen LogP contribution in [0.4, 0.5) is 5.69 Å². The maximum absolute atomic E-state index is 12.9. The molecule has 0 aliphatic carbocycles. The number of hydrogen-bond donors (Lipinski definition) is 2. The molecule has 1 aliphatic rings. The molecule has 1 saturated heterocycles. The molecule has 0 saturated carbocycles. The summed E-state index contributed by atoms with van der Waals surface area (Å²) >= 11 is 1.23. The summed E-state index contributed by atoms with van der Waals surface area (Å²) in [5, 5.41) is 2.80. The van der Waals surface area contributed by atoms with Gasteiger partial charge >= 0.3 is 0 Å². The van der Waals surface area contributed by atoms with Gasteiger partial charge in [0.15, 0.2) is 0 Å².